The van der Waals surface area contributed by atoms with Gasteiger partial charge in [0.1, 0.15) is 6.04 Å². The highest BCUT2D eigenvalue weighted by atomic mass is 16.4. The Morgan fingerprint density at radius 3 is 2.65 bits per heavy atom. The van der Waals surface area contributed by atoms with Gasteiger partial charge in [-0.3, -0.25) is 4.79 Å². The summed E-state index contributed by atoms with van der Waals surface area (Å²) in [6, 6.07) is -0.698. The molecule has 0 bridgehead atoms. The number of nitrogens with zero attached hydrogens (tertiary/aromatic N) is 2. The maximum Gasteiger partial charge on any atom is 0.326 e. The third kappa shape index (κ3) is 2.44. The summed E-state index contributed by atoms with van der Waals surface area (Å²) in [5, 5.41) is 9.56. The molecule has 1 amide bonds. The Labute approximate surface area is 134 Å². The van der Waals surface area contributed by atoms with Gasteiger partial charge in [0.2, 0.25) is 5.76 Å². The molecule has 2 heterocycles. The van der Waals surface area contributed by atoms with Crippen molar-refractivity contribution in [2.45, 2.75) is 69.9 Å². The number of fused-ring (bicyclic) bond motifs is 1. The molecule has 23 heavy (non-hydrogen) atoms. The Balaban J connectivity index is 1.65. The van der Waals surface area contributed by atoms with E-state index in [1.54, 1.807) is 11.8 Å². The lowest BCUT2D eigenvalue weighted by Gasteiger charge is -2.32. The van der Waals surface area contributed by atoms with Crippen LogP contribution in [0.1, 0.15) is 73.0 Å². The number of carboxylic acids is 1. The number of rotatable bonds is 3. The minimum Gasteiger partial charge on any atom is -0.480 e. The molecule has 0 aromatic carbocycles. The molecule has 3 aliphatic rings. The second-order valence-corrected chi connectivity index (χ2v) is 7.15. The molecule has 1 aromatic heterocycles. The fourth-order valence-electron chi connectivity index (χ4n) is 4.21. The van der Waals surface area contributed by atoms with Crippen LogP contribution in [0.3, 0.4) is 0 Å². The minimum absolute atomic E-state index is 0.0335. The molecule has 3 fully saturated rings. The fourth-order valence-corrected chi connectivity index (χ4v) is 4.21. The smallest absolute Gasteiger partial charge is 0.326 e. The van der Waals surface area contributed by atoms with Gasteiger partial charge < -0.3 is 14.4 Å². The highest BCUT2D eigenvalue weighted by Gasteiger charge is 2.49. The van der Waals surface area contributed by atoms with Crippen LogP contribution in [0.5, 0.6) is 0 Å². The molecule has 124 valence electrons. The average Bonchev–Trinajstić information content (AvgIpc) is 3.19. The van der Waals surface area contributed by atoms with E-state index < -0.39 is 12.0 Å². The van der Waals surface area contributed by atoms with Gasteiger partial charge in [-0.05, 0) is 44.9 Å². The Hall–Kier alpha value is -1.85. The summed E-state index contributed by atoms with van der Waals surface area (Å²) in [7, 11) is 0. The number of aromatic nitrogens is 1. The summed E-state index contributed by atoms with van der Waals surface area (Å²) in [4.78, 5) is 30.6. The first kappa shape index (κ1) is 14.7. The molecule has 6 heteroatoms. The second-order valence-electron chi connectivity index (χ2n) is 7.15. The van der Waals surface area contributed by atoms with E-state index in [-0.39, 0.29) is 17.7 Å². The van der Waals surface area contributed by atoms with Crippen molar-refractivity contribution in [2.75, 3.05) is 0 Å². The van der Waals surface area contributed by atoms with Crippen LogP contribution in [0.15, 0.2) is 4.42 Å². The van der Waals surface area contributed by atoms with Gasteiger partial charge in [-0.25, -0.2) is 9.78 Å². The zero-order chi connectivity index (χ0) is 16.1. The SMILES string of the molecule is Cc1nc(C2CC2)oc1C(=O)N1C(C(=O)O)CC2CCCCC21. The van der Waals surface area contributed by atoms with Gasteiger partial charge >= 0.3 is 5.97 Å². The molecule has 0 radical (unpaired) electrons. The third-order valence-corrected chi connectivity index (χ3v) is 5.54. The molecule has 2 saturated carbocycles. The van der Waals surface area contributed by atoms with E-state index in [1.165, 1.54) is 0 Å². The molecule has 1 aliphatic heterocycles. The zero-order valence-corrected chi connectivity index (χ0v) is 13.3. The van der Waals surface area contributed by atoms with Crippen molar-refractivity contribution in [1.29, 1.82) is 0 Å². The number of carboxylic acid groups (broad SMARTS) is 1. The summed E-state index contributed by atoms with van der Waals surface area (Å²) in [6.07, 6.45) is 6.76. The van der Waals surface area contributed by atoms with Crippen molar-refractivity contribution in [1.82, 2.24) is 9.88 Å². The summed E-state index contributed by atoms with van der Waals surface area (Å²) in [5.41, 5.74) is 0.584. The number of amides is 1. The van der Waals surface area contributed by atoms with Crippen molar-refractivity contribution in [2.24, 2.45) is 5.92 Å². The molecule has 6 nitrogen and oxygen atoms in total. The van der Waals surface area contributed by atoms with Gasteiger partial charge in [0, 0.05) is 12.0 Å². The van der Waals surface area contributed by atoms with Crippen molar-refractivity contribution in [3.05, 3.63) is 17.3 Å². The Morgan fingerprint density at radius 2 is 1.96 bits per heavy atom. The molecule has 4 rings (SSSR count). The number of carbonyl (C=O) groups is 2. The first-order chi connectivity index (χ1) is 11.1. The predicted octanol–water partition coefficient (Wildman–Crippen LogP) is 2.72. The first-order valence-electron chi connectivity index (χ1n) is 8.59. The quantitative estimate of drug-likeness (QED) is 0.926. The van der Waals surface area contributed by atoms with Crippen LogP contribution in [-0.4, -0.2) is 39.0 Å². The lowest BCUT2D eigenvalue weighted by Crippen LogP contribution is -2.46. The lowest BCUT2D eigenvalue weighted by molar-refractivity contribution is -0.141. The number of carbonyl (C=O) groups excluding carboxylic acids is 1. The van der Waals surface area contributed by atoms with E-state index in [9.17, 15) is 14.7 Å². The van der Waals surface area contributed by atoms with Crippen LogP contribution >= 0.6 is 0 Å². The van der Waals surface area contributed by atoms with Gasteiger partial charge in [0.25, 0.3) is 5.91 Å². The predicted molar refractivity (Wildman–Crippen MR) is 81.2 cm³/mol. The Morgan fingerprint density at radius 1 is 1.22 bits per heavy atom. The van der Waals surface area contributed by atoms with E-state index in [1.807, 2.05) is 0 Å². The fraction of sp³-hybridized carbons (Fsp3) is 0.706. The van der Waals surface area contributed by atoms with Crippen LogP contribution in [0.2, 0.25) is 0 Å². The van der Waals surface area contributed by atoms with Gasteiger partial charge in [-0.1, -0.05) is 12.8 Å². The molecular weight excluding hydrogens is 296 g/mol. The van der Waals surface area contributed by atoms with Gasteiger partial charge in [-0.15, -0.1) is 0 Å². The van der Waals surface area contributed by atoms with Crippen LogP contribution in [-0.2, 0) is 4.79 Å². The monoisotopic (exact) mass is 318 g/mol. The van der Waals surface area contributed by atoms with Gasteiger partial charge in [-0.2, -0.15) is 0 Å². The largest absolute Gasteiger partial charge is 0.480 e. The molecule has 1 aromatic rings. The average molecular weight is 318 g/mol. The molecular formula is C17H22N2O4. The normalized spacial score (nSPS) is 30.3. The van der Waals surface area contributed by atoms with Crippen LogP contribution in [0.4, 0.5) is 0 Å². The van der Waals surface area contributed by atoms with Crippen molar-refractivity contribution < 1.29 is 19.1 Å². The number of hydrogen-bond donors (Lipinski definition) is 1. The molecule has 3 unspecified atom stereocenters. The van der Waals surface area contributed by atoms with E-state index in [0.29, 0.717) is 29.8 Å². The summed E-state index contributed by atoms with van der Waals surface area (Å²) in [5.74, 6) is 0.323. The topological polar surface area (TPSA) is 83.6 Å². The van der Waals surface area contributed by atoms with Crippen molar-refractivity contribution >= 4 is 11.9 Å². The van der Waals surface area contributed by atoms with E-state index >= 15 is 0 Å². The van der Waals surface area contributed by atoms with Crippen LogP contribution in [0, 0.1) is 12.8 Å². The maximum absolute atomic E-state index is 13.0. The molecule has 0 spiro atoms. The summed E-state index contributed by atoms with van der Waals surface area (Å²) < 4.78 is 5.73. The van der Waals surface area contributed by atoms with E-state index in [0.717, 1.165) is 38.5 Å². The number of hydrogen-bond acceptors (Lipinski definition) is 4. The number of aryl methyl sites for hydroxylation is 1. The van der Waals surface area contributed by atoms with Gasteiger partial charge in [0.15, 0.2) is 5.89 Å². The third-order valence-electron chi connectivity index (χ3n) is 5.54. The molecule has 3 atom stereocenters. The van der Waals surface area contributed by atoms with Crippen LogP contribution in [0.25, 0.3) is 0 Å². The highest BCUT2D eigenvalue weighted by Crippen LogP contribution is 2.42. The first-order valence-corrected chi connectivity index (χ1v) is 8.59. The zero-order valence-electron chi connectivity index (χ0n) is 13.3. The Bertz CT molecular complexity index is 649. The molecule has 1 N–H and O–H groups in total. The van der Waals surface area contributed by atoms with Crippen LogP contribution < -0.4 is 0 Å². The number of oxazole rings is 1. The van der Waals surface area contributed by atoms with Gasteiger partial charge in [0.05, 0.1) is 5.69 Å². The summed E-state index contributed by atoms with van der Waals surface area (Å²) >= 11 is 0. The number of aliphatic carboxylic acids is 1. The minimum atomic E-state index is -0.910. The van der Waals surface area contributed by atoms with Crippen molar-refractivity contribution in [3.63, 3.8) is 0 Å². The van der Waals surface area contributed by atoms with E-state index in [4.69, 9.17) is 4.42 Å². The Kier molecular flexibility index (Phi) is 3.43. The van der Waals surface area contributed by atoms with E-state index in [2.05, 4.69) is 4.98 Å². The lowest BCUT2D eigenvalue weighted by atomic mass is 9.84. The molecule has 2 aliphatic carbocycles. The summed E-state index contributed by atoms with van der Waals surface area (Å²) in [6.45, 7) is 1.77. The number of likely N-dealkylation sites (tertiary alicyclic amines) is 1. The highest BCUT2D eigenvalue weighted by molar-refractivity contribution is 5.95. The standard InChI is InChI=1S/C17H22N2O4/c1-9-14(23-15(18-9)10-6-7-10)16(20)19-12-5-3-2-4-11(12)8-13(19)17(21)22/h10-13H,2-8H2,1H3,(H,21,22). The van der Waals surface area contributed by atoms with Crippen molar-refractivity contribution in [3.8, 4) is 0 Å². The second kappa shape index (κ2) is 5.35. The maximum atomic E-state index is 13.0. The molecule has 1 saturated heterocycles.